The Morgan fingerprint density at radius 2 is 1.81 bits per heavy atom. The molecule has 2 N–H and O–H groups in total. The molecule has 1 aliphatic heterocycles. The highest BCUT2D eigenvalue weighted by molar-refractivity contribution is 5.94. The van der Waals surface area contributed by atoms with E-state index >= 15 is 0 Å². The molecule has 2 aromatic rings. The van der Waals surface area contributed by atoms with Gasteiger partial charge in [0.1, 0.15) is 0 Å². The van der Waals surface area contributed by atoms with Gasteiger partial charge in [-0.1, -0.05) is 36.4 Å². The van der Waals surface area contributed by atoms with Crippen LogP contribution >= 0.6 is 0 Å². The third kappa shape index (κ3) is 3.67. The van der Waals surface area contributed by atoms with Crippen molar-refractivity contribution in [2.24, 2.45) is 0 Å². The zero-order valence-corrected chi connectivity index (χ0v) is 15.4. The lowest BCUT2D eigenvalue weighted by Crippen LogP contribution is -2.41. The highest BCUT2D eigenvalue weighted by atomic mass is 16.2. The zero-order valence-electron chi connectivity index (χ0n) is 15.4. The third-order valence-electron chi connectivity index (χ3n) is 5.62. The Labute approximate surface area is 155 Å². The van der Waals surface area contributed by atoms with E-state index in [1.807, 2.05) is 24.1 Å². The van der Waals surface area contributed by atoms with Crippen molar-refractivity contribution in [3.8, 4) is 0 Å². The molecule has 136 valence electrons. The van der Waals surface area contributed by atoms with Crippen molar-refractivity contribution in [2.75, 3.05) is 13.6 Å². The molecule has 0 bridgehead atoms. The van der Waals surface area contributed by atoms with Crippen molar-refractivity contribution in [3.05, 3.63) is 70.8 Å². The summed E-state index contributed by atoms with van der Waals surface area (Å²) in [6.07, 6.45) is 5.74. The molecule has 0 aromatic heterocycles. The molecule has 4 heteroatoms. The summed E-state index contributed by atoms with van der Waals surface area (Å²) in [5, 5.41) is 0. The number of benzene rings is 2. The number of rotatable bonds is 4. The van der Waals surface area contributed by atoms with Gasteiger partial charge >= 0.3 is 0 Å². The summed E-state index contributed by atoms with van der Waals surface area (Å²) in [5.74, 6) is 0.114. The molecule has 0 radical (unpaired) electrons. The van der Waals surface area contributed by atoms with Gasteiger partial charge in [-0.05, 0) is 60.9 Å². The minimum Gasteiger partial charge on any atom is -0.340 e. The Kier molecular flexibility index (Phi) is 5.05. The van der Waals surface area contributed by atoms with E-state index in [9.17, 15) is 4.79 Å². The first kappa shape index (κ1) is 17.3. The zero-order chi connectivity index (χ0) is 17.9. The van der Waals surface area contributed by atoms with E-state index in [1.54, 1.807) is 0 Å². The number of nitrogens with one attached hydrogen (secondary N) is 2. The Morgan fingerprint density at radius 3 is 2.62 bits per heavy atom. The van der Waals surface area contributed by atoms with E-state index < -0.39 is 0 Å². The van der Waals surface area contributed by atoms with Crippen LogP contribution in [-0.2, 0) is 12.8 Å². The number of hydrogen-bond donors (Lipinski definition) is 2. The van der Waals surface area contributed by atoms with Crippen molar-refractivity contribution < 1.29 is 4.79 Å². The summed E-state index contributed by atoms with van der Waals surface area (Å²) in [7, 11) is 1.90. The molecular formula is C22H27N3O. The SMILES string of the molecule is CN(CC1CC(c2ccccc2)NN1)C(=O)c1ccc2c(c1)CCCC2. The van der Waals surface area contributed by atoms with Gasteiger partial charge in [0, 0.05) is 31.2 Å². The second kappa shape index (κ2) is 7.60. The van der Waals surface area contributed by atoms with E-state index in [0.29, 0.717) is 12.6 Å². The normalized spacial score (nSPS) is 22.0. The summed E-state index contributed by atoms with van der Waals surface area (Å²) < 4.78 is 0. The monoisotopic (exact) mass is 349 g/mol. The lowest BCUT2D eigenvalue weighted by molar-refractivity contribution is 0.0782. The average molecular weight is 349 g/mol. The van der Waals surface area contributed by atoms with Crippen LogP contribution in [0, 0.1) is 0 Å². The van der Waals surface area contributed by atoms with Gasteiger partial charge in [0.15, 0.2) is 0 Å². The van der Waals surface area contributed by atoms with Gasteiger partial charge in [-0.3, -0.25) is 10.2 Å². The van der Waals surface area contributed by atoms with Crippen LogP contribution in [0.1, 0.15) is 52.4 Å². The molecular weight excluding hydrogens is 322 g/mol. The molecule has 2 unspecified atom stereocenters. The molecule has 1 heterocycles. The van der Waals surface area contributed by atoms with Crippen LogP contribution in [0.25, 0.3) is 0 Å². The van der Waals surface area contributed by atoms with Crippen LogP contribution in [0.2, 0.25) is 0 Å². The summed E-state index contributed by atoms with van der Waals surface area (Å²) >= 11 is 0. The fourth-order valence-electron chi connectivity index (χ4n) is 4.15. The van der Waals surface area contributed by atoms with Gasteiger partial charge in [-0.25, -0.2) is 5.43 Å². The maximum Gasteiger partial charge on any atom is 0.253 e. The minimum atomic E-state index is 0.114. The number of fused-ring (bicyclic) bond motifs is 1. The van der Waals surface area contributed by atoms with E-state index in [1.165, 1.54) is 29.5 Å². The van der Waals surface area contributed by atoms with Crippen LogP contribution in [0.15, 0.2) is 48.5 Å². The number of aryl methyl sites for hydroxylation is 2. The van der Waals surface area contributed by atoms with E-state index in [4.69, 9.17) is 0 Å². The van der Waals surface area contributed by atoms with Crippen LogP contribution in [0.3, 0.4) is 0 Å². The second-order valence-corrected chi connectivity index (χ2v) is 7.56. The van der Waals surface area contributed by atoms with Crippen molar-refractivity contribution in [3.63, 3.8) is 0 Å². The first-order valence-electron chi connectivity index (χ1n) is 9.64. The molecule has 2 atom stereocenters. The molecule has 1 aliphatic carbocycles. The lowest BCUT2D eigenvalue weighted by atomic mass is 9.90. The fraction of sp³-hybridized carbons (Fsp3) is 0.409. The summed E-state index contributed by atoms with van der Waals surface area (Å²) in [6, 6.07) is 17.3. The predicted octanol–water partition coefficient (Wildman–Crippen LogP) is 3.25. The largest absolute Gasteiger partial charge is 0.340 e. The van der Waals surface area contributed by atoms with Crippen LogP contribution in [-0.4, -0.2) is 30.4 Å². The molecule has 2 aromatic carbocycles. The van der Waals surface area contributed by atoms with Gasteiger partial charge in [-0.2, -0.15) is 0 Å². The van der Waals surface area contributed by atoms with Gasteiger partial charge in [0.05, 0.1) is 0 Å². The Hall–Kier alpha value is -2.17. The van der Waals surface area contributed by atoms with Crippen LogP contribution in [0.4, 0.5) is 0 Å². The van der Waals surface area contributed by atoms with Crippen molar-refractivity contribution in [2.45, 2.75) is 44.2 Å². The summed E-state index contributed by atoms with van der Waals surface area (Å²) in [6.45, 7) is 0.701. The van der Waals surface area contributed by atoms with Gasteiger partial charge in [0.25, 0.3) is 5.91 Å². The number of carbonyl (C=O) groups is 1. The average Bonchev–Trinajstić information content (AvgIpc) is 3.16. The number of hydrogen-bond acceptors (Lipinski definition) is 3. The molecule has 26 heavy (non-hydrogen) atoms. The Bertz CT molecular complexity index is 774. The van der Waals surface area contributed by atoms with Crippen molar-refractivity contribution in [1.82, 2.24) is 15.8 Å². The quantitative estimate of drug-likeness (QED) is 0.891. The molecule has 2 aliphatic rings. The number of carbonyl (C=O) groups excluding carboxylic acids is 1. The first-order chi connectivity index (χ1) is 12.7. The Balaban J connectivity index is 1.37. The maximum atomic E-state index is 12.8. The summed E-state index contributed by atoms with van der Waals surface area (Å²) in [5.41, 5.74) is 11.6. The van der Waals surface area contributed by atoms with E-state index in [0.717, 1.165) is 24.8 Å². The lowest BCUT2D eigenvalue weighted by Gasteiger charge is -2.22. The number of hydrazine groups is 1. The van der Waals surface area contributed by atoms with Gasteiger partial charge in [0.2, 0.25) is 0 Å². The van der Waals surface area contributed by atoms with Crippen LogP contribution in [0.5, 0.6) is 0 Å². The second-order valence-electron chi connectivity index (χ2n) is 7.56. The number of nitrogens with zero attached hydrogens (tertiary/aromatic N) is 1. The molecule has 4 nitrogen and oxygen atoms in total. The van der Waals surface area contributed by atoms with E-state index in [-0.39, 0.29) is 11.9 Å². The standard InChI is InChI=1S/C22H27N3O/c1-25(15-20-14-21(24-23-20)17-8-3-2-4-9-17)22(26)19-12-11-16-7-5-6-10-18(16)13-19/h2-4,8-9,11-13,20-21,23-24H,5-7,10,14-15H2,1H3. The molecule has 0 spiro atoms. The molecule has 0 saturated carbocycles. The number of likely N-dealkylation sites (N-methyl/N-ethyl adjacent to an activating group) is 1. The molecule has 4 rings (SSSR count). The third-order valence-corrected chi connectivity index (χ3v) is 5.62. The molecule has 1 saturated heterocycles. The molecule has 1 fully saturated rings. The fourth-order valence-corrected chi connectivity index (χ4v) is 4.15. The highest BCUT2D eigenvalue weighted by Gasteiger charge is 2.27. The van der Waals surface area contributed by atoms with Gasteiger partial charge < -0.3 is 4.90 Å². The smallest absolute Gasteiger partial charge is 0.253 e. The Morgan fingerprint density at radius 1 is 1.04 bits per heavy atom. The predicted molar refractivity (Wildman–Crippen MR) is 104 cm³/mol. The van der Waals surface area contributed by atoms with Crippen molar-refractivity contribution >= 4 is 5.91 Å². The minimum absolute atomic E-state index is 0.114. The topological polar surface area (TPSA) is 44.4 Å². The number of amides is 1. The van der Waals surface area contributed by atoms with Crippen molar-refractivity contribution in [1.29, 1.82) is 0 Å². The highest BCUT2D eigenvalue weighted by Crippen LogP contribution is 2.24. The van der Waals surface area contributed by atoms with E-state index in [2.05, 4.69) is 47.2 Å². The summed E-state index contributed by atoms with van der Waals surface area (Å²) in [4.78, 5) is 14.7. The van der Waals surface area contributed by atoms with Gasteiger partial charge in [-0.15, -0.1) is 0 Å². The first-order valence-corrected chi connectivity index (χ1v) is 9.64. The maximum absolute atomic E-state index is 12.8. The molecule has 1 amide bonds. The van der Waals surface area contributed by atoms with Crippen LogP contribution < -0.4 is 10.9 Å².